The maximum absolute atomic E-state index is 4.28. The van der Waals surface area contributed by atoms with Crippen LogP contribution in [0.4, 0.5) is 0 Å². The largest absolute Gasteiger partial charge is 0.253 e. The number of nitrogens with zero attached hydrogens (tertiary/aromatic N) is 4. The van der Waals surface area contributed by atoms with E-state index in [1.54, 1.807) is 24.8 Å². The van der Waals surface area contributed by atoms with Crippen LogP contribution in [0.5, 0.6) is 0 Å². The van der Waals surface area contributed by atoms with Crippen LogP contribution in [-0.4, -0.2) is 20.2 Å². The first-order valence-corrected chi connectivity index (χ1v) is 5.81. The van der Waals surface area contributed by atoms with Crippen molar-refractivity contribution in [2.75, 3.05) is 0 Å². The number of benzene rings is 1. The van der Waals surface area contributed by atoms with Crippen LogP contribution in [0.1, 0.15) is 0 Å². The average Bonchev–Trinajstić information content (AvgIpc) is 2.39. The molecule has 0 aliphatic carbocycles. The zero-order valence-electron chi connectivity index (χ0n) is 8.71. The molecule has 0 bridgehead atoms. The lowest BCUT2D eigenvalue weighted by molar-refractivity contribution is 1.03. The van der Waals surface area contributed by atoms with Gasteiger partial charge in [-0.3, -0.25) is 9.97 Å². The molecule has 2 heterocycles. The van der Waals surface area contributed by atoms with Crippen LogP contribution in [0.25, 0.3) is 22.2 Å². The highest BCUT2D eigenvalue weighted by Crippen LogP contribution is 2.27. The van der Waals surface area contributed by atoms with Gasteiger partial charge in [-0.15, -0.1) is 0 Å². The van der Waals surface area contributed by atoms with Gasteiger partial charge in [0, 0.05) is 22.4 Å². The highest BCUT2D eigenvalue weighted by atomic mass is 79.9. The van der Waals surface area contributed by atoms with Gasteiger partial charge in [0.2, 0.25) is 0 Å². The number of hydrogen-bond donors (Lipinski definition) is 0. The quantitative estimate of drug-likeness (QED) is 0.690. The van der Waals surface area contributed by atoms with E-state index in [2.05, 4.69) is 36.1 Å². The Kier molecular flexibility index (Phi) is 2.53. The molecule has 0 saturated heterocycles. The summed E-state index contributed by atoms with van der Waals surface area (Å²) < 4.78 is 0.913. The first-order chi connectivity index (χ1) is 8.34. The van der Waals surface area contributed by atoms with Gasteiger partial charge in [-0.05, 0) is 33.6 Å². The van der Waals surface area contributed by atoms with E-state index >= 15 is 0 Å². The summed E-state index contributed by atoms with van der Waals surface area (Å²) in [6.07, 6.45) is 6.77. The summed E-state index contributed by atoms with van der Waals surface area (Å²) >= 11 is 3.46. The van der Waals surface area contributed by atoms with Crippen LogP contribution in [0.2, 0.25) is 0 Å². The van der Waals surface area contributed by atoms with E-state index in [9.17, 15) is 0 Å². The zero-order chi connectivity index (χ0) is 11.7. The monoisotopic (exact) mass is 286 g/mol. The topological polar surface area (TPSA) is 51.6 Å². The minimum atomic E-state index is 0.869. The van der Waals surface area contributed by atoms with E-state index in [1.807, 2.05) is 18.2 Å². The molecule has 0 N–H and O–H groups in total. The molecule has 0 spiro atoms. The Labute approximate surface area is 106 Å². The first kappa shape index (κ1) is 10.3. The van der Waals surface area contributed by atoms with Crippen molar-refractivity contribution in [1.82, 2.24) is 20.2 Å². The Morgan fingerprint density at radius 1 is 0.882 bits per heavy atom. The molecule has 0 radical (unpaired) electrons. The second-order valence-corrected chi connectivity index (χ2v) is 4.36. The maximum atomic E-state index is 4.28. The lowest BCUT2D eigenvalue weighted by Gasteiger charge is -2.04. The highest BCUT2D eigenvalue weighted by Gasteiger charge is 2.05. The standard InChI is InChI=1S/C12H7BrN4/c13-10-7-17-16-6-9(10)8-1-2-11-12(5-8)15-4-3-14-11/h1-7H. The summed E-state index contributed by atoms with van der Waals surface area (Å²) in [6, 6.07) is 5.94. The number of halogens is 1. The third kappa shape index (κ3) is 1.89. The van der Waals surface area contributed by atoms with E-state index in [1.165, 1.54) is 0 Å². The Bertz CT molecular complexity index is 684. The smallest absolute Gasteiger partial charge is 0.0892 e. The molecule has 5 heteroatoms. The van der Waals surface area contributed by atoms with Crippen molar-refractivity contribution in [2.24, 2.45) is 0 Å². The van der Waals surface area contributed by atoms with Crippen molar-refractivity contribution in [3.63, 3.8) is 0 Å². The maximum Gasteiger partial charge on any atom is 0.0892 e. The van der Waals surface area contributed by atoms with Gasteiger partial charge in [0.25, 0.3) is 0 Å². The van der Waals surface area contributed by atoms with Gasteiger partial charge in [0.15, 0.2) is 0 Å². The Hall–Kier alpha value is -1.88. The fourth-order valence-corrected chi connectivity index (χ4v) is 2.07. The van der Waals surface area contributed by atoms with E-state index in [-0.39, 0.29) is 0 Å². The van der Waals surface area contributed by atoms with Crippen LogP contribution >= 0.6 is 15.9 Å². The van der Waals surface area contributed by atoms with Gasteiger partial charge in [-0.1, -0.05) is 6.07 Å². The molecule has 1 aromatic carbocycles. The average molecular weight is 287 g/mol. The third-order valence-corrected chi connectivity index (χ3v) is 3.09. The second-order valence-electron chi connectivity index (χ2n) is 3.51. The highest BCUT2D eigenvalue weighted by molar-refractivity contribution is 9.10. The zero-order valence-corrected chi connectivity index (χ0v) is 10.3. The number of aromatic nitrogens is 4. The van der Waals surface area contributed by atoms with Gasteiger partial charge in [-0.2, -0.15) is 10.2 Å². The summed E-state index contributed by atoms with van der Waals surface area (Å²) in [7, 11) is 0. The fraction of sp³-hybridized carbons (Fsp3) is 0. The minimum Gasteiger partial charge on any atom is -0.253 e. The minimum absolute atomic E-state index is 0.869. The Morgan fingerprint density at radius 3 is 2.47 bits per heavy atom. The van der Waals surface area contributed by atoms with Gasteiger partial charge >= 0.3 is 0 Å². The molecular formula is C12H7BrN4. The van der Waals surface area contributed by atoms with Crippen LogP contribution in [-0.2, 0) is 0 Å². The molecule has 3 aromatic rings. The molecule has 17 heavy (non-hydrogen) atoms. The molecule has 0 fully saturated rings. The summed E-state index contributed by atoms with van der Waals surface area (Å²) in [5.41, 5.74) is 3.79. The van der Waals surface area contributed by atoms with Gasteiger partial charge in [-0.25, -0.2) is 0 Å². The first-order valence-electron chi connectivity index (χ1n) is 5.02. The van der Waals surface area contributed by atoms with E-state index in [0.29, 0.717) is 0 Å². The summed E-state index contributed by atoms with van der Waals surface area (Å²) in [5.74, 6) is 0. The molecule has 0 aliphatic heterocycles. The van der Waals surface area contributed by atoms with Crippen molar-refractivity contribution in [2.45, 2.75) is 0 Å². The van der Waals surface area contributed by atoms with Crippen LogP contribution in [0, 0.1) is 0 Å². The van der Waals surface area contributed by atoms with Gasteiger partial charge in [0.1, 0.15) is 0 Å². The van der Waals surface area contributed by atoms with E-state index in [4.69, 9.17) is 0 Å². The van der Waals surface area contributed by atoms with Crippen molar-refractivity contribution in [3.8, 4) is 11.1 Å². The van der Waals surface area contributed by atoms with E-state index < -0.39 is 0 Å². The van der Waals surface area contributed by atoms with Crippen LogP contribution < -0.4 is 0 Å². The Balaban J connectivity index is 2.22. The SMILES string of the molecule is Brc1cnncc1-c1ccc2nccnc2c1. The second kappa shape index (κ2) is 4.18. The lowest BCUT2D eigenvalue weighted by Crippen LogP contribution is -1.87. The molecule has 2 aromatic heterocycles. The van der Waals surface area contributed by atoms with Gasteiger partial charge in [0.05, 0.1) is 23.4 Å². The number of hydrogen-bond acceptors (Lipinski definition) is 4. The molecule has 4 nitrogen and oxygen atoms in total. The predicted molar refractivity (Wildman–Crippen MR) is 68.3 cm³/mol. The van der Waals surface area contributed by atoms with Crippen molar-refractivity contribution >= 4 is 27.0 Å². The van der Waals surface area contributed by atoms with Crippen LogP contribution in [0.3, 0.4) is 0 Å². The molecule has 0 atom stereocenters. The summed E-state index contributed by atoms with van der Waals surface area (Å²) in [6.45, 7) is 0. The Morgan fingerprint density at radius 2 is 1.65 bits per heavy atom. The van der Waals surface area contributed by atoms with E-state index in [0.717, 1.165) is 26.6 Å². The molecular weight excluding hydrogens is 280 g/mol. The normalized spacial score (nSPS) is 10.6. The molecule has 0 unspecified atom stereocenters. The molecule has 0 saturated carbocycles. The fourth-order valence-electron chi connectivity index (χ4n) is 1.65. The third-order valence-electron chi connectivity index (χ3n) is 2.46. The summed E-state index contributed by atoms with van der Waals surface area (Å²) in [5, 5.41) is 7.69. The molecule has 3 rings (SSSR count). The van der Waals surface area contributed by atoms with Crippen molar-refractivity contribution in [3.05, 3.63) is 47.5 Å². The number of rotatable bonds is 1. The van der Waals surface area contributed by atoms with Gasteiger partial charge < -0.3 is 0 Å². The molecule has 82 valence electrons. The number of fused-ring (bicyclic) bond motifs is 1. The van der Waals surface area contributed by atoms with Crippen LogP contribution in [0.15, 0.2) is 47.5 Å². The van der Waals surface area contributed by atoms with Crippen molar-refractivity contribution in [1.29, 1.82) is 0 Å². The predicted octanol–water partition coefficient (Wildman–Crippen LogP) is 2.85. The van der Waals surface area contributed by atoms with Crippen molar-refractivity contribution < 1.29 is 0 Å². The lowest BCUT2D eigenvalue weighted by atomic mass is 10.1. The molecule has 0 aliphatic rings. The summed E-state index contributed by atoms with van der Waals surface area (Å²) in [4.78, 5) is 8.52. The molecule has 0 amide bonds.